The van der Waals surface area contributed by atoms with E-state index in [2.05, 4.69) is 20.6 Å². The van der Waals surface area contributed by atoms with Gasteiger partial charge in [-0.1, -0.05) is 29.8 Å². The van der Waals surface area contributed by atoms with E-state index in [1.54, 1.807) is 41.8 Å². The van der Waals surface area contributed by atoms with Crippen molar-refractivity contribution in [3.05, 3.63) is 70.5 Å². The van der Waals surface area contributed by atoms with Crippen molar-refractivity contribution in [1.82, 2.24) is 9.97 Å². The number of nitrogens with one attached hydrogen (secondary N) is 2. The van der Waals surface area contributed by atoms with Gasteiger partial charge in [0, 0.05) is 10.9 Å². The molecule has 2 heterocycles. The largest absolute Gasteiger partial charge is 0.324 e. The second-order valence-corrected chi connectivity index (χ2v) is 6.30. The van der Waals surface area contributed by atoms with Crippen molar-refractivity contribution < 1.29 is 9.59 Å². The van der Waals surface area contributed by atoms with E-state index in [0.717, 1.165) is 0 Å². The summed E-state index contributed by atoms with van der Waals surface area (Å²) in [5, 5.41) is 7.97. The Morgan fingerprint density at radius 1 is 1.08 bits per heavy atom. The summed E-state index contributed by atoms with van der Waals surface area (Å²) in [6, 6.07) is 12.1. The normalized spacial score (nSPS) is 10.3. The lowest BCUT2D eigenvalue weighted by molar-refractivity contribution is -0.115. The van der Waals surface area contributed by atoms with E-state index in [1.807, 2.05) is 6.07 Å². The summed E-state index contributed by atoms with van der Waals surface area (Å²) in [4.78, 5) is 32.3. The van der Waals surface area contributed by atoms with Gasteiger partial charge >= 0.3 is 0 Å². The summed E-state index contributed by atoms with van der Waals surface area (Å²) in [6.45, 7) is 0. The summed E-state index contributed by atoms with van der Waals surface area (Å²) >= 11 is 6.97. The van der Waals surface area contributed by atoms with Crippen LogP contribution in [-0.4, -0.2) is 21.8 Å². The van der Waals surface area contributed by atoms with Gasteiger partial charge in [0.15, 0.2) is 5.13 Å². The molecule has 0 saturated carbocycles. The third-order valence-corrected chi connectivity index (χ3v) is 4.19. The molecule has 3 rings (SSSR count). The number of nitrogens with zero attached hydrogens (tertiary/aromatic N) is 2. The maximum absolute atomic E-state index is 12.1. The second-order valence-electron chi connectivity index (χ2n) is 5.06. The molecule has 0 spiro atoms. The van der Waals surface area contributed by atoms with Gasteiger partial charge in [-0.05, 0) is 24.3 Å². The zero-order chi connectivity index (χ0) is 17.6. The predicted octanol–water partition coefficient (Wildman–Crippen LogP) is 3.63. The minimum Gasteiger partial charge on any atom is -0.324 e. The number of thiazole rings is 1. The van der Waals surface area contributed by atoms with Crippen LogP contribution in [0, 0.1) is 0 Å². The van der Waals surface area contributed by atoms with Crippen molar-refractivity contribution in [2.75, 3.05) is 10.6 Å². The number of pyridine rings is 1. The topological polar surface area (TPSA) is 84.0 Å². The first-order chi connectivity index (χ1) is 12.1. The van der Waals surface area contributed by atoms with Crippen molar-refractivity contribution in [3.8, 4) is 0 Å². The lowest BCUT2D eigenvalue weighted by Crippen LogP contribution is -2.15. The minimum absolute atomic E-state index is 0.0976. The number of amides is 2. The Morgan fingerprint density at radius 3 is 2.60 bits per heavy atom. The zero-order valence-corrected chi connectivity index (χ0v) is 14.5. The van der Waals surface area contributed by atoms with E-state index < -0.39 is 0 Å². The van der Waals surface area contributed by atoms with Crippen LogP contribution in [0.25, 0.3) is 0 Å². The molecule has 0 unspecified atom stereocenters. The van der Waals surface area contributed by atoms with Crippen LogP contribution in [0.4, 0.5) is 10.8 Å². The van der Waals surface area contributed by atoms with Crippen molar-refractivity contribution in [2.24, 2.45) is 0 Å². The number of aromatic nitrogens is 2. The van der Waals surface area contributed by atoms with E-state index in [9.17, 15) is 9.59 Å². The molecule has 2 aromatic heterocycles. The van der Waals surface area contributed by atoms with Crippen molar-refractivity contribution in [1.29, 1.82) is 0 Å². The highest BCUT2D eigenvalue weighted by atomic mass is 35.5. The van der Waals surface area contributed by atoms with Crippen LogP contribution in [0.1, 0.15) is 16.1 Å². The van der Waals surface area contributed by atoms with Crippen molar-refractivity contribution in [2.45, 2.75) is 6.42 Å². The molecule has 2 N–H and O–H groups in total. The highest BCUT2D eigenvalue weighted by Gasteiger charge is 2.11. The summed E-state index contributed by atoms with van der Waals surface area (Å²) in [7, 11) is 0. The molecule has 0 aliphatic heterocycles. The average Bonchev–Trinajstić information content (AvgIpc) is 3.04. The first kappa shape index (κ1) is 17.1. The molecule has 8 heteroatoms. The van der Waals surface area contributed by atoms with Gasteiger partial charge < -0.3 is 5.32 Å². The SMILES string of the molecule is O=C(Cc1csc(NC(=O)c2ccccc2)n1)Nc1ccc(Cl)nc1. The lowest BCUT2D eigenvalue weighted by Gasteiger charge is -2.03. The maximum Gasteiger partial charge on any atom is 0.257 e. The molecule has 25 heavy (non-hydrogen) atoms. The molecule has 0 aliphatic rings. The number of rotatable bonds is 5. The van der Waals surface area contributed by atoms with Gasteiger partial charge in [0.05, 0.1) is 24.0 Å². The van der Waals surface area contributed by atoms with E-state index in [-0.39, 0.29) is 18.2 Å². The molecule has 1 aromatic carbocycles. The molecule has 0 radical (unpaired) electrons. The molecule has 0 atom stereocenters. The van der Waals surface area contributed by atoms with Crippen LogP contribution in [-0.2, 0) is 11.2 Å². The lowest BCUT2D eigenvalue weighted by atomic mass is 10.2. The van der Waals surface area contributed by atoms with Gasteiger partial charge in [0.1, 0.15) is 5.15 Å². The van der Waals surface area contributed by atoms with Crippen LogP contribution in [0.15, 0.2) is 54.0 Å². The smallest absolute Gasteiger partial charge is 0.257 e. The monoisotopic (exact) mass is 372 g/mol. The predicted molar refractivity (Wildman–Crippen MR) is 98.1 cm³/mol. The minimum atomic E-state index is -0.238. The summed E-state index contributed by atoms with van der Waals surface area (Å²) in [5.41, 5.74) is 1.68. The molecule has 3 aromatic rings. The number of hydrogen-bond donors (Lipinski definition) is 2. The third-order valence-electron chi connectivity index (χ3n) is 3.16. The first-order valence-corrected chi connectivity index (χ1v) is 8.58. The summed E-state index contributed by atoms with van der Waals surface area (Å²) in [6.07, 6.45) is 1.58. The second kappa shape index (κ2) is 7.87. The van der Waals surface area contributed by atoms with E-state index >= 15 is 0 Å². The van der Waals surface area contributed by atoms with Gasteiger partial charge in [-0.15, -0.1) is 11.3 Å². The molecular formula is C17H13ClN4O2S. The highest BCUT2D eigenvalue weighted by molar-refractivity contribution is 7.14. The maximum atomic E-state index is 12.1. The van der Waals surface area contributed by atoms with Crippen LogP contribution < -0.4 is 10.6 Å². The van der Waals surface area contributed by atoms with Crippen LogP contribution >= 0.6 is 22.9 Å². The van der Waals surface area contributed by atoms with Gasteiger partial charge in [0.2, 0.25) is 5.91 Å². The third kappa shape index (κ3) is 4.85. The quantitative estimate of drug-likeness (QED) is 0.670. The van der Waals surface area contributed by atoms with Crippen LogP contribution in [0.3, 0.4) is 0 Å². The number of anilines is 2. The average molecular weight is 373 g/mol. The van der Waals surface area contributed by atoms with Gasteiger partial charge in [0.25, 0.3) is 5.91 Å². The molecule has 0 saturated heterocycles. The molecule has 126 valence electrons. The molecular weight excluding hydrogens is 360 g/mol. The Kier molecular flexibility index (Phi) is 5.37. The number of carbonyl (C=O) groups excluding carboxylic acids is 2. The van der Waals surface area contributed by atoms with Crippen LogP contribution in [0.2, 0.25) is 5.15 Å². The summed E-state index contributed by atoms with van der Waals surface area (Å²) in [5.74, 6) is -0.464. The van der Waals surface area contributed by atoms with Gasteiger partial charge in [-0.2, -0.15) is 0 Å². The Hall–Kier alpha value is -2.77. The number of carbonyl (C=O) groups is 2. The molecule has 0 aliphatic carbocycles. The zero-order valence-electron chi connectivity index (χ0n) is 12.9. The molecule has 0 fully saturated rings. The highest BCUT2D eigenvalue weighted by Crippen LogP contribution is 2.17. The van der Waals surface area contributed by atoms with Crippen molar-refractivity contribution in [3.63, 3.8) is 0 Å². The fourth-order valence-corrected chi connectivity index (χ4v) is 2.84. The number of halogens is 1. The van der Waals surface area contributed by atoms with E-state index in [1.165, 1.54) is 17.5 Å². The van der Waals surface area contributed by atoms with Gasteiger partial charge in [-0.25, -0.2) is 9.97 Å². The van der Waals surface area contributed by atoms with Crippen LogP contribution in [0.5, 0.6) is 0 Å². The first-order valence-electron chi connectivity index (χ1n) is 7.32. The summed E-state index contributed by atoms with van der Waals surface area (Å²) < 4.78 is 0. The fourth-order valence-electron chi connectivity index (χ4n) is 2.02. The number of benzene rings is 1. The van der Waals surface area contributed by atoms with E-state index in [4.69, 9.17) is 11.6 Å². The van der Waals surface area contributed by atoms with Gasteiger partial charge in [-0.3, -0.25) is 14.9 Å². The van der Waals surface area contributed by atoms with E-state index in [0.29, 0.717) is 27.2 Å². The fraction of sp³-hybridized carbons (Fsp3) is 0.0588. The molecule has 0 bridgehead atoms. The van der Waals surface area contributed by atoms with Crippen molar-refractivity contribution >= 4 is 45.6 Å². The molecule has 2 amide bonds. The Bertz CT molecular complexity index is 881. The standard InChI is InChI=1S/C17H13ClN4O2S/c18-14-7-6-12(9-19-14)20-15(23)8-13-10-25-17(21-13)22-16(24)11-4-2-1-3-5-11/h1-7,9-10H,8H2,(H,20,23)(H,21,22,24). The Labute approximate surface area is 152 Å². The number of hydrogen-bond acceptors (Lipinski definition) is 5. The molecule has 6 nitrogen and oxygen atoms in total. The Morgan fingerprint density at radius 2 is 1.88 bits per heavy atom. The Balaban J connectivity index is 1.57.